The highest BCUT2D eigenvalue weighted by Crippen LogP contribution is 2.18. The molecule has 1 heterocycles. The smallest absolute Gasteiger partial charge is 0.157 e. The van der Waals surface area contributed by atoms with Crippen LogP contribution in [0.5, 0.6) is 0 Å². The van der Waals surface area contributed by atoms with E-state index in [1.807, 2.05) is 12.1 Å². The van der Waals surface area contributed by atoms with Crippen molar-refractivity contribution in [3.63, 3.8) is 0 Å². The molecule has 0 radical (unpaired) electrons. The molecule has 1 fully saturated rings. The lowest BCUT2D eigenvalue weighted by atomic mass is 10.1. The summed E-state index contributed by atoms with van der Waals surface area (Å²) in [5.41, 5.74) is 0.751. The molecule has 0 aliphatic carbocycles. The summed E-state index contributed by atoms with van der Waals surface area (Å²) in [4.78, 5) is 0. The third-order valence-electron chi connectivity index (χ3n) is 2.59. The fraction of sp³-hybridized carbons (Fsp3) is 0.500. The number of ether oxygens (including phenoxy) is 2. The van der Waals surface area contributed by atoms with E-state index in [1.165, 1.54) is 6.07 Å². The summed E-state index contributed by atoms with van der Waals surface area (Å²) in [7, 11) is 0. The van der Waals surface area contributed by atoms with E-state index >= 15 is 0 Å². The van der Waals surface area contributed by atoms with Gasteiger partial charge in [-0.05, 0) is 37.0 Å². The maximum absolute atomic E-state index is 13.5. The molecule has 0 saturated carbocycles. The third-order valence-corrected chi connectivity index (χ3v) is 3.09. The van der Waals surface area contributed by atoms with Crippen LogP contribution in [0.1, 0.15) is 18.4 Å². The summed E-state index contributed by atoms with van der Waals surface area (Å²) in [6.07, 6.45) is 2.35. The first kappa shape index (κ1) is 12.0. The maximum atomic E-state index is 13.5. The number of rotatable bonds is 4. The summed E-state index contributed by atoms with van der Waals surface area (Å²) in [5.74, 6) is -0.150. The minimum atomic E-state index is -0.150. The number of halogens is 2. The molecule has 0 aromatic heterocycles. The van der Waals surface area contributed by atoms with Crippen molar-refractivity contribution < 1.29 is 13.9 Å². The number of hydrogen-bond acceptors (Lipinski definition) is 2. The van der Waals surface area contributed by atoms with Gasteiger partial charge in [-0.2, -0.15) is 0 Å². The summed E-state index contributed by atoms with van der Waals surface area (Å²) < 4.78 is 24.9. The lowest BCUT2D eigenvalue weighted by Gasteiger charge is -2.08. The maximum Gasteiger partial charge on any atom is 0.157 e. The molecule has 1 saturated heterocycles. The molecule has 2 rings (SSSR count). The van der Waals surface area contributed by atoms with Crippen LogP contribution in [0.3, 0.4) is 0 Å². The van der Waals surface area contributed by atoms with Crippen molar-refractivity contribution in [2.24, 2.45) is 0 Å². The van der Waals surface area contributed by atoms with Crippen molar-refractivity contribution in [2.45, 2.75) is 25.6 Å². The molecule has 1 aliphatic rings. The van der Waals surface area contributed by atoms with Crippen LogP contribution in [-0.2, 0) is 15.9 Å². The molecule has 0 unspecified atom stereocenters. The highest BCUT2D eigenvalue weighted by Gasteiger charge is 2.15. The quantitative estimate of drug-likeness (QED) is 0.847. The van der Waals surface area contributed by atoms with Crippen LogP contribution in [0.4, 0.5) is 4.39 Å². The molecule has 0 bridgehead atoms. The lowest BCUT2D eigenvalue weighted by molar-refractivity contribution is -0.0476. The van der Waals surface area contributed by atoms with Crippen LogP contribution < -0.4 is 0 Å². The van der Waals surface area contributed by atoms with E-state index in [9.17, 15) is 4.39 Å². The molecule has 0 spiro atoms. The first-order valence-corrected chi connectivity index (χ1v) is 6.22. The molecule has 0 amide bonds. The van der Waals surface area contributed by atoms with Gasteiger partial charge in [0.1, 0.15) is 5.82 Å². The van der Waals surface area contributed by atoms with Gasteiger partial charge >= 0.3 is 0 Å². The Balaban J connectivity index is 1.80. The van der Waals surface area contributed by atoms with Gasteiger partial charge in [0.25, 0.3) is 0 Å². The zero-order valence-electron chi connectivity index (χ0n) is 8.92. The lowest BCUT2D eigenvalue weighted by Crippen LogP contribution is -2.07. The first-order chi connectivity index (χ1) is 7.75. The number of aryl methyl sites for hydroxylation is 1. The summed E-state index contributed by atoms with van der Waals surface area (Å²) in [6.45, 7) is 1.36. The van der Waals surface area contributed by atoms with Gasteiger partial charge in [0.2, 0.25) is 0 Å². The van der Waals surface area contributed by atoms with E-state index in [2.05, 4.69) is 15.9 Å². The van der Waals surface area contributed by atoms with Gasteiger partial charge in [0.05, 0.1) is 13.2 Å². The monoisotopic (exact) mass is 288 g/mol. The van der Waals surface area contributed by atoms with Gasteiger partial charge in [-0.3, -0.25) is 0 Å². The molecule has 2 nitrogen and oxygen atoms in total. The van der Waals surface area contributed by atoms with Gasteiger partial charge in [-0.25, -0.2) is 4.39 Å². The standard InChI is InChI=1S/C12H14BrFO2/c13-10-5-4-9(11(14)8-10)2-1-3-12-15-6-7-16-12/h4-5,8,12H,1-3,6-7H2. The van der Waals surface area contributed by atoms with Crippen LogP contribution in [0, 0.1) is 5.82 Å². The fourth-order valence-corrected chi connectivity index (χ4v) is 2.09. The molecule has 1 aliphatic heterocycles. The average Bonchev–Trinajstić information content (AvgIpc) is 2.74. The van der Waals surface area contributed by atoms with Crippen LogP contribution in [-0.4, -0.2) is 19.5 Å². The molecule has 0 N–H and O–H groups in total. The molecule has 1 aromatic carbocycles. The van der Waals surface area contributed by atoms with Crippen molar-refractivity contribution in [1.82, 2.24) is 0 Å². The molecule has 0 atom stereocenters. The molecule has 1 aromatic rings. The minimum absolute atomic E-state index is 0.0847. The first-order valence-electron chi connectivity index (χ1n) is 5.43. The van der Waals surface area contributed by atoms with Gasteiger partial charge in [0.15, 0.2) is 6.29 Å². The number of hydrogen-bond donors (Lipinski definition) is 0. The van der Waals surface area contributed by atoms with Gasteiger partial charge < -0.3 is 9.47 Å². The van der Waals surface area contributed by atoms with Crippen molar-refractivity contribution in [2.75, 3.05) is 13.2 Å². The third kappa shape index (κ3) is 3.27. The van der Waals surface area contributed by atoms with Gasteiger partial charge in [-0.15, -0.1) is 0 Å². The van der Waals surface area contributed by atoms with Crippen molar-refractivity contribution in [3.8, 4) is 0 Å². The Labute approximate surface area is 103 Å². The molecular formula is C12H14BrFO2. The average molecular weight is 289 g/mol. The highest BCUT2D eigenvalue weighted by molar-refractivity contribution is 9.10. The SMILES string of the molecule is Fc1cc(Br)ccc1CCCC1OCCO1. The molecular weight excluding hydrogens is 275 g/mol. The van der Waals surface area contributed by atoms with Crippen molar-refractivity contribution in [3.05, 3.63) is 34.1 Å². The predicted octanol–water partition coefficient (Wildman–Crippen LogP) is 3.28. The molecule has 4 heteroatoms. The Morgan fingerprint density at radius 2 is 2.06 bits per heavy atom. The Morgan fingerprint density at radius 1 is 1.31 bits per heavy atom. The van der Waals surface area contributed by atoms with E-state index in [-0.39, 0.29) is 12.1 Å². The Kier molecular flexibility index (Phi) is 4.32. The van der Waals surface area contributed by atoms with E-state index in [0.717, 1.165) is 29.3 Å². The zero-order valence-corrected chi connectivity index (χ0v) is 10.5. The normalized spacial score (nSPS) is 16.9. The van der Waals surface area contributed by atoms with E-state index in [0.29, 0.717) is 13.2 Å². The summed E-state index contributed by atoms with van der Waals surface area (Å²) in [5, 5.41) is 0. The predicted molar refractivity (Wildman–Crippen MR) is 62.7 cm³/mol. The second-order valence-electron chi connectivity index (χ2n) is 3.80. The fourth-order valence-electron chi connectivity index (χ4n) is 1.76. The Bertz CT molecular complexity index is 351. The Hall–Kier alpha value is -0.450. The van der Waals surface area contributed by atoms with Crippen molar-refractivity contribution in [1.29, 1.82) is 0 Å². The molecule has 88 valence electrons. The van der Waals surface area contributed by atoms with E-state index in [4.69, 9.17) is 9.47 Å². The minimum Gasteiger partial charge on any atom is -0.350 e. The highest BCUT2D eigenvalue weighted by atomic mass is 79.9. The largest absolute Gasteiger partial charge is 0.350 e. The zero-order chi connectivity index (χ0) is 11.4. The Morgan fingerprint density at radius 3 is 2.75 bits per heavy atom. The number of benzene rings is 1. The van der Waals surface area contributed by atoms with E-state index in [1.54, 1.807) is 0 Å². The summed E-state index contributed by atoms with van der Waals surface area (Å²) >= 11 is 3.24. The van der Waals surface area contributed by atoms with Crippen LogP contribution >= 0.6 is 15.9 Å². The molecule has 16 heavy (non-hydrogen) atoms. The van der Waals surface area contributed by atoms with Crippen molar-refractivity contribution >= 4 is 15.9 Å². The summed E-state index contributed by atoms with van der Waals surface area (Å²) in [6, 6.07) is 5.18. The van der Waals surface area contributed by atoms with Gasteiger partial charge in [0, 0.05) is 4.47 Å². The van der Waals surface area contributed by atoms with Crippen LogP contribution in [0.2, 0.25) is 0 Å². The second kappa shape index (κ2) is 5.75. The van der Waals surface area contributed by atoms with Crippen LogP contribution in [0.25, 0.3) is 0 Å². The topological polar surface area (TPSA) is 18.5 Å². The van der Waals surface area contributed by atoms with Gasteiger partial charge in [-0.1, -0.05) is 22.0 Å². The van der Waals surface area contributed by atoms with Crippen LogP contribution in [0.15, 0.2) is 22.7 Å². The second-order valence-corrected chi connectivity index (χ2v) is 4.71. The van der Waals surface area contributed by atoms with E-state index < -0.39 is 0 Å².